The highest BCUT2D eigenvalue weighted by atomic mass is 16.4. The molecule has 1 saturated heterocycles. The zero-order chi connectivity index (χ0) is 14.9. The molecular formula is C14H16N2O4. The van der Waals surface area contributed by atoms with E-state index in [1.807, 2.05) is 0 Å². The summed E-state index contributed by atoms with van der Waals surface area (Å²) in [6.07, 6.45) is 1.23. The average molecular weight is 276 g/mol. The van der Waals surface area contributed by atoms with Crippen LogP contribution in [0.5, 0.6) is 0 Å². The predicted octanol–water partition coefficient (Wildman–Crippen LogP) is 1.49. The first-order chi connectivity index (χ1) is 9.40. The third-order valence-corrected chi connectivity index (χ3v) is 3.39. The van der Waals surface area contributed by atoms with E-state index in [1.165, 1.54) is 24.0 Å². The van der Waals surface area contributed by atoms with Gasteiger partial charge in [0.2, 0.25) is 11.8 Å². The molecule has 0 aromatic heterocycles. The van der Waals surface area contributed by atoms with Gasteiger partial charge in [-0.1, -0.05) is 0 Å². The van der Waals surface area contributed by atoms with E-state index in [2.05, 4.69) is 0 Å². The molecular weight excluding hydrogens is 260 g/mol. The lowest BCUT2D eigenvalue weighted by molar-refractivity contribution is -0.117. The van der Waals surface area contributed by atoms with Gasteiger partial charge in [0.05, 0.1) is 5.56 Å². The smallest absolute Gasteiger partial charge is 0.335 e. The van der Waals surface area contributed by atoms with Crippen LogP contribution in [-0.4, -0.2) is 36.5 Å². The van der Waals surface area contributed by atoms with Crippen molar-refractivity contribution in [3.63, 3.8) is 0 Å². The fourth-order valence-electron chi connectivity index (χ4n) is 2.17. The summed E-state index contributed by atoms with van der Waals surface area (Å²) in [4.78, 5) is 37.3. The van der Waals surface area contributed by atoms with Gasteiger partial charge < -0.3 is 14.9 Å². The van der Waals surface area contributed by atoms with Gasteiger partial charge in [0, 0.05) is 38.3 Å². The number of hydrogen-bond donors (Lipinski definition) is 1. The molecule has 1 N–H and O–H groups in total. The van der Waals surface area contributed by atoms with Crippen LogP contribution in [0, 0.1) is 0 Å². The van der Waals surface area contributed by atoms with Crippen molar-refractivity contribution < 1.29 is 19.5 Å². The predicted molar refractivity (Wildman–Crippen MR) is 74.1 cm³/mol. The maximum absolute atomic E-state index is 11.8. The van der Waals surface area contributed by atoms with E-state index < -0.39 is 5.97 Å². The number of hydrogen-bond acceptors (Lipinski definition) is 3. The van der Waals surface area contributed by atoms with E-state index in [-0.39, 0.29) is 17.4 Å². The zero-order valence-electron chi connectivity index (χ0n) is 11.4. The fraction of sp³-hybridized carbons (Fsp3) is 0.357. The number of carbonyl (C=O) groups excluding carboxylic acids is 2. The third-order valence-electron chi connectivity index (χ3n) is 3.39. The Hall–Kier alpha value is -2.37. The van der Waals surface area contributed by atoms with Gasteiger partial charge in [0.1, 0.15) is 0 Å². The van der Waals surface area contributed by atoms with Crippen LogP contribution in [0.25, 0.3) is 0 Å². The number of carboxylic acids is 1. The summed E-state index contributed by atoms with van der Waals surface area (Å²) in [5.74, 6) is -1.31. The van der Waals surface area contributed by atoms with Gasteiger partial charge in [0.25, 0.3) is 0 Å². The molecule has 1 fully saturated rings. The Kier molecular flexibility index (Phi) is 3.74. The molecule has 0 spiro atoms. The molecule has 106 valence electrons. The minimum atomic E-state index is -1.09. The molecule has 0 radical (unpaired) electrons. The minimum Gasteiger partial charge on any atom is -0.478 e. The average Bonchev–Trinajstić information content (AvgIpc) is 2.83. The number of amides is 2. The highest BCUT2D eigenvalue weighted by Gasteiger charge is 2.23. The molecule has 0 saturated carbocycles. The van der Waals surface area contributed by atoms with Crippen LogP contribution < -0.4 is 9.80 Å². The summed E-state index contributed by atoms with van der Waals surface area (Å²) >= 11 is 0. The van der Waals surface area contributed by atoms with Gasteiger partial charge >= 0.3 is 5.97 Å². The Morgan fingerprint density at radius 2 is 2.00 bits per heavy atom. The molecule has 1 aromatic rings. The molecule has 0 bridgehead atoms. The van der Waals surface area contributed by atoms with Crippen molar-refractivity contribution in [1.82, 2.24) is 0 Å². The van der Waals surface area contributed by atoms with Crippen molar-refractivity contribution in [1.29, 1.82) is 0 Å². The lowest BCUT2D eigenvalue weighted by Gasteiger charge is -2.21. The molecule has 20 heavy (non-hydrogen) atoms. The van der Waals surface area contributed by atoms with E-state index in [1.54, 1.807) is 18.0 Å². The second-order valence-electron chi connectivity index (χ2n) is 4.77. The lowest BCUT2D eigenvalue weighted by Crippen LogP contribution is -2.26. The summed E-state index contributed by atoms with van der Waals surface area (Å²) in [5.41, 5.74) is 1.05. The van der Waals surface area contributed by atoms with Gasteiger partial charge in [-0.15, -0.1) is 0 Å². The van der Waals surface area contributed by atoms with Crippen LogP contribution in [-0.2, 0) is 9.59 Å². The Labute approximate surface area is 116 Å². The summed E-state index contributed by atoms with van der Waals surface area (Å²) in [6, 6.07) is 4.55. The highest BCUT2D eigenvalue weighted by Crippen LogP contribution is 2.28. The van der Waals surface area contributed by atoms with E-state index in [0.29, 0.717) is 24.3 Å². The summed E-state index contributed by atoms with van der Waals surface area (Å²) < 4.78 is 0. The largest absolute Gasteiger partial charge is 0.478 e. The maximum Gasteiger partial charge on any atom is 0.335 e. The quantitative estimate of drug-likeness (QED) is 0.907. The Morgan fingerprint density at radius 3 is 2.50 bits per heavy atom. The number of rotatable bonds is 3. The van der Waals surface area contributed by atoms with Crippen molar-refractivity contribution >= 4 is 29.2 Å². The number of aromatic carboxylic acids is 1. The fourth-order valence-corrected chi connectivity index (χ4v) is 2.17. The highest BCUT2D eigenvalue weighted by molar-refractivity contribution is 6.00. The normalized spacial score (nSPS) is 14.5. The van der Waals surface area contributed by atoms with Gasteiger partial charge in [-0.2, -0.15) is 0 Å². The first-order valence-corrected chi connectivity index (χ1v) is 6.33. The van der Waals surface area contributed by atoms with Crippen molar-refractivity contribution in [2.24, 2.45) is 0 Å². The zero-order valence-corrected chi connectivity index (χ0v) is 11.4. The number of carbonyl (C=O) groups is 3. The standard InChI is InChI=1S/C14H16N2O4/c1-9(17)15(2)11-6-10(14(19)20)7-12(8-11)16-5-3-4-13(16)18/h6-8H,3-5H2,1-2H3,(H,19,20). The van der Waals surface area contributed by atoms with E-state index in [4.69, 9.17) is 5.11 Å². The molecule has 2 amide bonds. The number of carboxylic acid groups (broad SMARTS) is 1. The molecule has 6 nitrogen and oxygen atoms in total. The van der Waals surface area contributed by atoms with Gasteiger partial charge in [-0.05, 0) is 24.6 Å². The lowest BCUT2D eigenvalue weighted by atomic mass is 10.1. The topological polar surface area (TPSA) is 77.9 Å². The molecule has 1 heterocycles. The van der Waals surface area contributed by atoms with Crippen molar-refractivity contribution in [2.75, 3.05) is 23.4 Å². The van der Waals surface area contributed by atoms with Crippen LogP contribution in [0.2, 0.25) is 0 Å². The molecule has 0 atom stereocenters. The first kappa shape index (κ1) is 14.0. The Balaban J connectivity index is 2.48. The summed E-state index contributed by atoms with van der Waals surface area (Å²) in [5, 5.41) is 9.16. The van der Waals surface area contributed by atoms with Crippen LogP contribution in [0.1, 0.15) is 30.1 Å². The van der Waals surface area contributed by atoms with Crippen molar-refractivity contribution in [3.8, 4) is 0 Å². The van der Waals surface area contributed by atoms with E-state index in [0.717, 1.165) is 6.42 Å². The summed E-state index contributed by atoms with van der Waals surface area (Å²) in [7, 11) is 1.57. The molecule has 0 aliphatic carbocycles. The Morgan fingerprint density at radius 1 is 1.30 bits per heavy atom. The van der Waals surface area contributed by atoms with Gasteiger partial charge in [0.15, 0.2) is 0 Å². The monoisotopic (exact) mass is 276 g/mol. The summed E-state index contributed by atoms with van der Waals surface area (Å²) in [6.45, 7) is 1.97. The van der Waals surface area contributed by atoms with E-state index in [9.17, 15) is 14.4 Å². The molecule has 0 unspecified atom stereocenters. The van der Waals surface area contributed by atoms with Crippen LogP contribution in [0.3, 0.4) is 0 Å². The Bertz CT molecular complexity index is 583. The first-order valence-electron chi connectivity index (χ1n) is 6.33. The minimum absolute atomic E-state index is 0.0241. The number of nitrogens with zero attached hydrogens (tertiary/aromatic N) is 2. The molecule has 1 aliphatic rings. The van der Waals surface area contributed by atoms with Crippen molar-refractivity contribution in [2.45, 2.75) is 19.8 Å². The molecule has 2 rings (SSSR count). The van der Waals surface area contributed by atoms with Crippen molar-refractivity contribution in [3.05, 3.63) is 23.8 Å². The second-order valence-corrected chi connectivity index (χ2v) is 4.77. The molecule has 1 aromatic carbocycles. The third kappa shape index (κ3) is 2.64. The van der Waals surface area contributed by atoms with Crippen LogP contribution in [0.15, 0.2) is 18.2 Å². The van der Waals surface area contributed by atoms with Crippen LogP contribution in [0.4, 0.5) is 11.4 Å². The second kappa shape index (κ2) is 5.32. The number of benzene rings is 1. The van der Waals surface area contributed by atoms with E-state index >= 15 is 0 Å². The molecule has 6 heteroatoms. The maximum atomic E-state index is 11.8. The van der Waals surface area contributed by atoms with Crippen LogP contribution >= 0.6 is 0 Å². The van der Waals surface area contributed by atoms with Gasteiger partial charge in [-0.3, -0.25) is 9.59 Å². The SMILES string of the molecule is CC(=O)N(C)c1cc(C(=O)O)cc(N2CCCC2=O)c1. The number of anilines is 2. The van der Waals surface area contributed by atoms with Gasteiger partial charge in [-0.25, -0.2) is 4.79 Å². The molecule has 1 aliphatic heterocycles.